The molecule has 3 aromatic rings. The Kier molecular flexibility index (Phi) is 5.70. The van der Waals surface area contributed by atoms with Crippen molar-refractivity contribution in [1.82, 2.24) is 0 Å². The monoisotopic (exact) mass is 389 g/mol. The number of thiazole rings is 1. The first-order chi connectivity index (χ1) is 12.5. The van der Waals surface area contributed by atoms with Crippen LogP contribution in [0.4, 0.5) is 0 Å². The molecule has 0 saturated heterocycles. The molecule has 26 heavy (non-hydrogen) atoms. The third-order valence-corrected chi connectivity index (χ3v) is 5.87. The Bertz CT molecular complexity index is 1020. The molecule has 0 aliphatic rings. The van der Waals surface area contributed by atoms with Crippen molar-refractivity contribution in [3.63, 3.8) is 0 Å². The number of methoxy groups -OCH3 is 1. The number of ether oxygens (including phenoxy) is 1. The van der Waals surface area contributed by atoms with E-state index in [2.05, 4.69) is 4.57 Å². The summed E-state index contributed by atoms with van der Waals surface area (Å²) in [4.78, 5) is 0. The fourth-order valence-electron chi connectivity index (χ4n) is 2.69. The highest BCUT2D eigenvalue weighted by atomic mass is 32.2. The van der Waals surface area contributed by atoms with Crippen LogP contribution in [-0.2, 0) is 16.7 Å². The fraction of sp³-hybridized carbons (Fsp3) is 0.211. The molecule has 0 N–H and O–H groups in total. The van der Waals surface area contributed by atoms with Gasteiger partial charge in [0.05, 0.1) is 17.2 Å². The average molecular weight is 389 g/mol. The van der Waals surface area contributed by atoms with Gasteiger partial charge < -0.3 is 9.29 Å². The summed E-state index contributed by atoms with van der Waals surface area (Å²) >= 11 is 1.63. The van der Waals surface area contributed by atoms with Crippen molar-refractivity contribution in [1.29, 1.82) is 0 Å². The lowest BCUT2D eigenvalue weighted by Crippen LogP contribution is -2.35. The van der Waals surface area contributed by atoms with E-state index in [1.165, 1.54) is 0 Å². The van der Waals surface area contributed by atoms with Gasteiger partial charge in [-0.2, -0.15) is 4.57 Å². The van der Waals surface area contributed by atoms with Gasteiger partial charge in [0, 0.05) is 24.3 Å². The Morgan fingerprint density at radius 2 is 1.85 bits per heavy atom. The van der Waals surface area contributed by atoms with Gasteiger partial charge in [-0.15, -0.1) is 0 Å². The maximum atomic E-state index is 10.9. The van der Waals surface area contributed by atoms with Crippen molar-refractivity contribution >= 4 is 43.8 Å². The normalized spacial score (nSPS) is 12.1. The van der Waals surface area contributed by atoms with Gasteiger partial charge in [-0.05, 0) is 29.8 Å². The minimum Gasteiger partial charge on any atom is -0.748 e. The Balaban J connectivity index is 1.88. The molecule has 0 bridgehead atoms. The molecule has 5 nitrogen and oxygen atoms in total. The van der Waals surface area contributed by atoms with Gasteiger partial charge in [-0.25, -0.2) is 8.42 Å². The summed E-state index contributed by atoms with van der Waals surface area (Å²) in [6.45, 7) is 0.480. The highest BCUT2D eigenvalue weighted by Crippen LogP contribution is 2.22. The van der Waals surface area contributed by atoms with E-state index >= 15 is 0 Å². The van der Waals surface area contributed by atoms with Crippen molar-refractivity contribution in [2.24, 2.45) is 0 Å². The largest absolute Gasteiger partial charge is 0.748 e. The standard InChI is InChI=1S/C19H19NO4S2/c1-24-16-10-7-15(8-11-16)9-12-19-20(13-4-14-26(21,22)23)17-5-2-3-6-18(17)25-19/h2-3,5-12H,4,13-14H2,1H3. The van der Waals surface area contributed by atoms with E-state index in [0.29, 0.717) is 13.0 Å². The van der Waals surface area contributed by atoms with Crippen LogP contribution in [0.3, 0.4) is 0 Å². The molecule has 0 aliphatic carbocycles. The van der Waals surface area contributed by atoms with E-state index in [0.717, 1.165) is 26.5 Å². The molecule has 0 aliphatic heterocycles. The van der Waals surface area contributed by atoms with E-state index < -0.39 is 10.1 Å². The highest BCUT2D eigenvalue weighted by Gasteiger charge is 2.18. The summed E-state index contributed by atoms with van der Waals surface area (Å²) < 4.78 is 41.0. The number of rotatable bonds is 7. The highest BCUT2D eigenvalue weighted by molar-refractivity contribution is 7.85. The molecule has 0 saturated carbocycles. The molecule has 0 radical (unpaired) electrons. The minimum atomic E-state index is -4.20. The zero-order valence-corrected chi connectivity index (χ0v) is 15.9. The molecule has 0 fully saturated rings. The molecule has 7 heteroatoms. The van der Waals surface area contributed by atoms with Crippen LogP contribution in [0, 0.1) is 0 Å². The summed E-state index contributed by atoms with van der Waals surface area (Å²) in [7, 11) is -2.56. The fourth-order valence-corrected chi connectivity index (χ4v) is 4.26. The Labute approximate surface area is 156 Å². The van der Waals surface area contributed by atoms with Crippen molar-refractivity contribution in [3.05, 3.63) is 59.1 Å². The number of para-hydroxylation sites is 1. The second kappa shape index (κ2) is 7.99. The van der Waals surface area contributed by atoms with Gasteiger partial charge in [0.2, 0.25) is 5.52 Å². The van der Waals surface area contributed by atoms with Crippen LogP contribution >= 0.6 is 11.3 Å². The van der Waals surface area contributed by atoms with Crippen LogP contribution in [0.5, 0.6) is 5.75 Å². The van der Waals surface area contributed by atoms with E-state index in [4.69, 9.17) is 4.74 Å². The van der Waals surface area contributed by atoms with E-state index in [-0.39, 0.29) is 5.75 Å². The number of hydrogen-bond acceptors (Lipinski definition) is 5. The van der Waals surface area contributed by atoms with Crippen molar-refractivity contribution in [3.8, 4) is 5.75 Å². The molecular formula is C19H19NO4S2. The maximum absolute atomic E-state index is 10.9. The third-order valence-electron chi connectivity index (χ3n) is 3.95. The Hall–Kier alpha value is -2.22. The number of aryl methyl sites for hydroxylation is 1. The summed E-state index contributed by atoms with van der Waals surface area (Å²) in [6, 6.07) is 15.7. The second-order valence-electron chi connectivity index (χ2n) is 5.78. The summed E-state index contributed by atoms with van der Waals surface area (Å²) in [5.74, 6) is 0.448. The molecule has 136 valence electrons. The Morgan fingerprint density at radius 3 is 2.54 bits per heavy atom. The van der Waals surface area contributed by atoms with Gasteiger partial charge in [0.15, 0.2) is 6.54 Å². The predicted octanol–water partition coefficient (Wildman–Crippen LogP) is 3.30. The first kappa shape index (κ1) is 18.6. The zero-order chi connectivity index (χ0) is 18.6. The first-order valence-electron chi connectivity index (χ1n) is 8.13. The smallest absolute Gasteiger partial charge is 0.262 e. The summed E-state index contributed by atoms with van der Waals surface area (Å²) in [5, 5.41) is 1.00. The lowest BCUT2D eigenvalue weighted by atomic mass is 10.2. The molecule has 0 amide bonds. The third kappa shape index (κ3) is 4.69. The molecule has 1 heterocycles. The molecule has 0 unspecified atom stereocenters. The van der Waals surface area contributed by atoms with Crippen LogP contribution in [0.15, 0.2) is 48.5 Å². The molecule has 0 atom stereocenters. The van der Waals surface area contributed by atoms with Crippen molar-refractivity contribution < 1.29 is 22.3 Å². The van der Waals surface area contributed by atoms with Crippen LogP contribution in [0.1, 0.15) is 17.0 Å². The zero-order valence-electron chi connectivity index (χ0n) is 14.3. The van der Waals surface area contributed by atoms with E-state index in [1.807, 2.05) is 60.7 Å². The first-order valence-corrected chi connectivity index (χ1v) is 10.5. The van der Waals surface area contributed by atoms with E-state index in [1.54, 1.807) is 18.4 Å². The van der Waals surface area contributed by atoms with Crippen molar-refractivity contribution in [2.75, 3.05) is 12.9 Å². The summed E-state index contributed by atoms with van der Waals surface area (Å²) in [5.41, 5.74) is 2.08. The topological polar surface area (TPSA) is 70.3 Å². The average Bonchev–Trinajstić information content (AvgIpc) is 2.97. The number of nitrogens with zero attached hydrogens (tertiary/aromatic N) is 1. The van der Waals surface area contributed by atoms with Gasteiger partial charge >= 0.3 is 0 Å². The number of benzene rings is 2. The number of hydrogen-bond donors (Lipinski definition) is 0. The Morgan fingerprint density at radius 1 is 1.12 bits per heavy atom. The summed E-state index contributed by atoms with van der Waals surface area (Å²) in [6.07, 6.45) is 4.31. The van der Waals surface area contributed by atoms with Gasteiger partial charge in [0.25, 0.3) is 5.01 Å². The van der Waals surface area contributed by atoms with Crippen LogP contribution in [0.25, 0.3) is 22.4 Å². The molecule has 2 aromatic carbocycles. The lowest BCUT2D eigenvalue weighted by molar-refractivity contribution is -0.668. The second-order valence-corrected chi connectivity index (χ2v) is 8.37. The van der Waals surface area contributed by atoms with Gasteiger partial charge in [0.1, 0.15) is 10.4 Å². The minimum absolute atomic E-state index is 0.292. The molecule has 0 spiro atoms. The number of aromatic nitrogens is 1. The van der Waals surface area contributed by atoms with Crippen LogP contribution in [-0.4, -0.2) is 25.8 Å². The maximum Gasteiger partial charge on any atom is 0.262 e. The quantitative estimate of drug-likeness (QED) is 0.459. The van der Waals surface area contributed by atoms with Crippen LogP contribution < -0.4 is 9.30 Å². The van der Waals surface area contributed by atoms with Crippen LogP contribution in [0.2, 0.25) is 0 Å². The SMILES string of the molecule is COc1ccc(C=Cc2sc3ccccc3[n+]2CCCS(=O)(=O)[O-])cc1. The van der Waals surface area contributed by atoms with E-state index in [9.17, 15) is 13.0 Å². The van der Waals surface area contributed by atoms with Gasteiger partial charge in [-0.3, -0.25) is 0 Å². The van der Waals surface area contributed by atoms with Gasteiger partial charge in [-0.1, -0.05) is 35.6 Å². The number of fused-ring (bicyclic) bond motifs is 1. The molecule has 3 rings (SSSR count). The molecule has 1 aromatic heterocycles. The lowest BCUT2D eigenvalue weighted by Gasteiger charge is -2.04. The molecular weight excluding hydrogens is 370 g/mol. The van der Waals surface area contributed by atoms with Crippen molar-refractivity contribution in [2.45, 2.75) is 13.0 Å². The predicted molar refractivity (Wildman–Crippen MR) is 103 cm³/mol.